The van der Waals surface area contributed by atoms with E-state index in [0.29, 0.717) is 33.1 Å². The second-order valence-corrected chi connectivity index (χ2v) is 5.02. The molecule has 0 fully saturated rings. The zero-order valence-corrected chi connectivity index (χ0v) is 11.7. The smallest absolute Gasteiger partial charge is 0.348 e. The minimum Gasteiger partial charge on any atom is -0.459 e. The number of ether oxygens (including phenoxy) is 2. The van der Waals surface area contributed by atoms with E-state index < -0.39 is 5.97 Å². The van der Waals surface area contributed by atoms with Crippen molar-refractivity contribution in [2.24, 2.45) is 0 Å². The molecule has 19 heavy (non-hydrogen) atoms. The molecule has 0 atom stereocenters. The lowest BCUT2D eigenvalue weighted by atomic mass is 10.2. The van der Waals surface area contributed by atoms with Gasteiger partial charge in [-0.2, -0.15) is 0 Å². The minimum absolute atomic E-state index is 0.186. The number of carbonyl (C=O) groups excluding carboxylic acids is 1. The maximum atomic E-state index is 11.9. The number of methoxy groups -OCH3 is 1. The van der Waals surface area contributed by atoms with Gasteiger partial charge in [0.25, 0.3) is 5.56 Å². The van der Waals surface area contributed by atoms with Gasteiger partial charge in [0.05, 0.1) is 12.0 Å². The number of fused-ring (bicyclic) bond motifs is 1. The molecule has 0 aliphatic heterocycles. The predicted molar refractivity (Wildman–Crippen MR) is 71.9 cm³/mol. The SMILES string of the molecule is COCCOC(=O)c1sc2nc(C)[nH]c(=O)c2c1C. The standard InChI is InChI=1S/C12H14N2O4S/c1-6-8-10(15)13-7(2)14-11(8)19-9(6)12(16)18-5-4-17-3/h4-5H2,1-3H3,(H,13,14,15). The van der Waals surface area contributed by atoms with E-state index in [1.807, 2.05) is 0 Å². The first-order valence-corrected chi connectivity index (χ1v) is 6.52. The summed E-state index contributed by atoms with van der Waals surface area (Å²) in [6, 6.07) is 0. The molecule has 6 nitrogen and oxygen atoms in total. The van der Waals surface area contributed by atoms with Crippen LogP contribution in [0.15, 0.2) is 4.79 Å². The molecule has 2 aromatic rings. The summed E-state index contributed by atoms with van der Waals surface area (Å²) < 4.78 is 9.87. The molecular weight excluding hydrogens is 268 g/mol. The number of nitrogens with zero attached hydrogens (tertiary/aromatic N) is 1. The highest BCUT2D eigenvalue weighted by Crippen LogP contribution is 2.27. The van der Waals surface area contributed by atoms with Crippen LogP contribution in [0.25, 0.3) is 10.2 Å². The number of aromatic nitrogens is 2. The highest BCUT2D eigenvalue weighted by Gasteiger charge is 2.19. The Morgan fingerprint density at radius 3 is 2.79 bits per heavy atom. The zero-order chi connectivity index (χ0) is 14.0. The number of rotatable bonds is 4. The lowest BCUT2D eigenvalue weighted by Crippen LogP contribution is -2.11. The highest BCUT2D eigenvalue weighted by molar-refractivity contribution is 7.20. The van der Waals surface area contributed by atoms with E-state index in [1.165, 1.54) is 18.4 Å². The van der Waals surface area contributed by atoms with Gasteiger partial charge in [0.1, 0.15) is 22.1 Å². The Balaban J connectivity index is 2.40. The van der Waals surface area contributed by atoms with Gasteiger partial charge in [-0.25, -0.2) is 9.78 Å². The number of carbonyl (C=O) groups is 1. The Kier molecular flexibility index (Phi) is 3.96. The van der Waals surface area contributed by atoms with E-state index in [1.54, 1.807) is 13.8 Å². The molecule has 0 saturated carbocycles. The molecule has 2 aromatic heterocycles. The summed E-state index contributed by atoms with van der Waals surface area (Å²) in [7, 11) is 1.53. The Morgan fingerprint density at radius 2 is 2.11 bits per heavy atom. The van der Waals surface area contributed by atoms with Crippen molar-refractivity contribution in [1.29, 1.82) is 0 Å². The number of H-pyrrole nitrogens is 1. The van der Waals surface area contributed by atoms with E-state index in [9.17, 15) is 9.59 Å². The molecule has 0 aromatic carbocycles. The van der Waals surface area contributed by atoms with E-state index in [4.69, 9.17) is 9.47 Å². The number of esters is 1. The van der Waals surface area contributed by atoms with Gasteiger partial charge in [-0.1, -0.05) is 0 Å². The van der Waals surface area contributed by atoms with Crippen LogP contribution in [0.2, 0.25) is 0 Å². The first-order chi connectivity index (χ1) is 9.04. The van der Waals surface area contributed by atoms with Crippen molar-refractivity contribution >= 4 is 27.5 Å². The molecule has 0 saturated heterocycles. The Bertz CT molecular complexity index is 674. The van der Waals surface area contributed by atoms with Crippen molar-refractivity contribution in [3.63, 3.8) is 0 Å². The molecule has 0 unspecified atom stereocenters. The van der Waals surface area contributed by atoms with E-state index >= 15 is 0 Å². The molecule has 0 bridgehead atoms. The third kappa shape index (κ3) is 2.66. The number of thiophene rings is 1. The Labute approximate surface area is 113 Å². The van der Waals surface area contributed by atoms with Gasteiger partial charge in [0.15, 0.2) is 0 Å². The molecule has 0 aliphatic rings. The van der Waals surface area contributed by atoms with Crippen LogP contribution in [-0.4, -0.2) is 36.3 Å². The summed E-state index contributed by atoms with van der Waals surface area (Å²) in [6.07, 6.45) is 0. The molecule has 1 N–H and O–H groups in total. The number of nitrogens with one attached hydrogen (secondary N) is 1. The predicted octanol–water partition coefficient (Wildman–Crippen LogP) is 1.40. The average molecular weight is 282 g/mol. The molecule has 0 spiro atoms. The Morgan fingerprint density at radius 1 is 1.37 bits per heavy atom. The van der Waals surface area contributed by atoms with Crippen LogP contribution < -0.4 is 5.56 Å². The van der Waals surface area contributed by atoms with Gasteiger partial charge < -0.3 is 14.5 Å². The van der Waals surface area contributed by atoms with Gasteiger partial charge in [-0.3, -0.25) is 4.79 Å². The Hall–Kier alpha value is -1.73. The fraction of sp³-hybridized carbons (Fsp3) is 0.417. The number of hydrogen-bond donors (Lipinski definition) is 1. The first-order valence-electron chi connectivity index (χ1n) is 5.70. The van der Waals surface area contributed by atoms with Crippen LogP contribution in [0, 0.1) is 13.8 Å². The van der Waals surface area contributed by atoms with Crippen LogP contribution in [0.1, 0.15) is 21.1 Å². The summed E-state index contributed by atoms with van der Waals surface area (Å²) in [4.78, 5) is 31.6. The van der Waals surface area contributed by atoms with Crippen LogP contribution in [0.3, 0.4) is 0 Å². The monoisotopic (exact) mass is 282 g/mol. The molecule has 0 radical (unpaired) electrons. The maximum Gasteiger partial charge on any atom is 0.348 e. The number of aromatic amines is 1. The van der Waals surface area contributed by atoms with Crippen LogP contribution >= 0.6 is 11.3 Å². The normalized spacial score (nSPS) is 10.9. The van der Waals surface area contributed by atoms with Crippen molar-refractivity contribution in [1.82, 2.24) is 9.97 Å². The molecule has 102 valence electrons. The third-order valence-corrected chi connectivity index (χ3v) is 3.79. The van der Waals surface area contributed by atoms with E-state index in [0.717, 1.165) is 0 Å². The second-order valence-electron chi connectivity index (χ2n) is 4.02. The van der Waals surface area contributed by atoms with Gasteiger partial charge in [-0.15, -0.1) is 11.3 Å². The molecule has 0 amide bonds. The molecule has 7 heteroatoms. The third-order valence-electron chi connectivity index (χ3n) is 2.62. The number of hydrogen-bond acceptors (Lipinski definition) is 6. The molecule has 2 heterocycles. The quantitative estimate of drug-likeness (QED) is 0.677. The van der Waals surface area contributed by atoms with Gasteiger partial charge in [-0.05, 0) is 19.4 Å². The largest absolute Gasteiger partial charge is 0.459 e. The summed E-state index contributed by atoms with van der Waals surface area (Å²) in [6.45, 7) is 3.95. The lowest BCUT2D eigenvalue weighted by molar-refractivity contribution is 0.0393. The minimum atomic E-state index is -0.449. The van der Waals surface area contributed by atoms with Gasteiger partial charge in [0.2, 0.25) is 0 Å². The van der Waals surface area contributed by atoms with E-state index in [-0.39, 0.29) is 12.2 Å². The second kappa shape index (κ2) is 5.50. The van der Waals surface area contributed by atoms with Crippen LogP contribution in [0.5, 0.6) is 0 Å². The summed E-state index contributed by atoms with van der Waals surface area (Å²) in [5.41, 5.74) is 0.378. The van der Waals surface area contributed by atoms with Gasteiger partial charge in [0, 0.05) is 7.11 Å². The van der Waals surface area contributed by atoms with Crippen LogP contribution in [-0.2, 0) is 9.47 Å². The van der Waals surface area contributed by atoms with Crippen molar-refractivity contribution in [2.45, 2.75) is 13.8 Å². The maximum absolute atomic E-state index is 11.9. The van der Waals surface area contributed by atoms with Crippen molar-refractivity contribution in [2.75, 3.05) is 20.3 Å². The summed E-state index contributed by atoms with van der Waals surface area (Å²) in [5, 5.41) is 0.453. The zero-order valence-electron chi connectivity index (χ0n) is 10.9. The molecule has 2 rings (SSSR count). The summed E-state index contributed by atoms with van der Waals surface area (Å²) >= 11 is 1.17. The topological polar surface area (TPSA) is 81.3 Å². The van der Waals surface area contributed by atoms with E-state index in [2.05, 4.69) is 9.97 Å². The molecule has 0 aliphatic carbocycles. The van der Waals surface area contributed by atoms with Crippen molar-refractivity contribution in [3.8, 4) is 0 Å². The fourth-order valence-electron chi connectivity index (χ4n) is 1.73. The average Bonchev–Trinajstić information content (AvgIpc) is 2.66. The van der Waals surface area contributed by atoms with Crippen molar-refractivity contribution < 1.29 is 14.3 Å². The van der Waals surface area contributed by atoms with Crippen molar-refractivity contribution in [3.05, 3.63) is 26.6 Å². The van der Waals surface area contributed by atoms with Crippen LogP contribution in [0.4, 0.5) is 0 Å². The van der Waals surface area contributed by atoms with Gasteiger partial charge >= 0.3 is 5.97 Å². The lowest BCUT2D eigenvalue weighted by Gasteiger charge is -2.02. The fourth-order valence-corrected chi connectivity index (χ4v) is 2.85. The number of aryl methyl sites for hydroxylation is 2. The highest BCUT2D eigenvalue weighted by atomic mass is 32.1. The first kappa shape index (κ1) is 13.7. The summed E-state index contributed by atoms with van der Waals surface area (Å²) in [5.74, 6) is 0.0765. The molecular formula is C12H14N2O4S.